The van der Waals surface area contributed by atoms with Crippen molar-refractivity contribution in [2.75, 3.05) is 5.32 Å². The van der Waals surface area contributed by atoms with E-state index in [1.807, 2.05) is 31.2 Å². The van der Waals surface area contributed by atoms with Crippen molar-refractivity contribution in [2.45, 2.75) is 6.92 Å². The second-order valence-electron chi connectivity index (χ2n) is 3.65. The van der Waals surface area contributed by atoms with E-state index < -0.39 is 0 Å². The van der Waals surface area contributed by atoms with E-state index in [-0.39, 0.29) is 11.6 Å². The third-order valence-corrected chi connectivity index (χ3v) is 2.28. The maximum atomic E-state index is 11.4. The third-order valence-electron chi connectivity index (χ3n) is 2.28. The molecule has 0 saturated carbocycles. The van der Waals surface area contributed by atoms with Gasteiger partial charge in [-0.3, -0.25) is 9.59 Å². The first-order chi connectivity index (χ1) is 7.65. The van der Waals surface area contributed by atoms with E-state index in [2.05, 4.69) is 5.32 Å². The lowest BCUT2D eigenvalue weighted by atomic mass is 10.1. The summed E-state index contributed by atoms with van der Waals surface area (Å²) in [6, 6.07) is 7.61. The van der Waals surface area contributed by atoms with Gasteiger partial charge in [-0.2, -0.15) is 0 Å². The van der Waals surface area contributed by atoms with Gasteiger partial charge in [-0.25, -0.2) is 0 Å². The number of anilines is 1. The van der Waals surface area contributed by atoms with E-state index in [0.717, 1.165) is 11.3 Å². The lowest BCUT2D eigenvalue weighted by Gasteiger charge is -2.10. The van der Waals surface area contributed by atoms with Gasteiger partial charge in [-0.05, 0) is 31.2 Å². The van der Waals surface area contributed by atoms with Crippen LogP contribution in [0.25, 0.3) is 0 Å². The van der Waals surface area contributed by atoms with Crippen LogP contribution in [0.3, 0.4) is 0 Å². The van der Waals surface area contributed by atoms with Gasteiger partial charge in [-0.1, -0.05) is 17.7 Å². The number of allylic oxidation sites excluding steroid dienone is 3. The van der Waals surface area contributed by atoms with Crippen LogP contribution >= 0.6 is 0 Å². The van der Waals surface area contributed by atoms with Crippen molar-refractivity contribution >= 4 is 17.3 Å². The molecule has 0 spiro atoms. The summed E-state index contributed by atoms with van der Waals surface area (Å²) in [5, 5.41) is 2.93. The average Bonchev–Trinajstić information content (AvgIpc) is 2.27. The molecule has 80 valence electrons. The number of hydrogen-bond donors (Lipinski definition) is 1. The normalized spacial score (nSPS) is 14.9. The molecule has 0 aliphatic heterocycles. The quantitative estimate of drug-likeness (QED) is 0.764. The summed E-state index contributed by atoms with van der Waals surface area (Å²) in [5.41, 5.74) is 2.26. The number of rotatable bonds is 2. The molecule has 1 aliphatic rings. The highest BCUT2D eigenvalue weighted by Gasteiger charge is 2.12. The van der Waals surface area contributed by atoms with Gasteiger partial charge in [0, 0.05) is 11.8 Å². The molecule has 3 heteroatoms. The molecule has 0 heterocycles. The standard InChI is InChI=1S/C13H11NO2/c1-9-2-4-10(5-3-9)14-12-8-11(15)6-7-13(12)16/h2-8,14H,1H3. The Morgan fingerprint density at radius 3 is 2.38 bits per heavy atom. The fraction of sp³-hybridized carbons (Fsp3) is 0.0769. The molecule has 0 saturated heterocycles. The zero-order valence-electron chi connectivity index (χ0n) is 8.86. The van der Waals surface area contributed by atoms with Crippen molar-refractivity contribution in [3.05, 3.63) is 53.8 Å². The van der Waals surface area contributed by atoms with Crippen LogP contribution < -0.4 is 5.32 Å². The van der Waals surface area contributed by atoms with Crippen molar-refractivity contribution in [3.63, 3.8) is 0 Å². The van der Waals surface area contributed by atoms with Crippen molar-refractivity contribution in [3.8, 4) is 0 Å². The highest BCUT2D eigenvalue weighted by molar-refractivity contribution is 6.18. The Morgan fingerprint density at radius 1 is 1.00 bits per heavy atom. The summed E-state index contributed by atoms with van der Waals surface area (Å²) < 4.78 is 0. The molecule has 0 aromatic heterocycles. The highest BCUT2D eigenvalue weighted by atomic mass is 16.1. The Bertz CT molecular complexity index is 495. The maximum Gasteiger partial charge on any atom is 0.202 e. The van der Waals surface area contributed by atoms with Crippen molar-refractivity contribution < 1.29 is 9.59 Å². The average molecular weight is 213 g/mol. The van der Waals surface area contributed by atoms with Crippen LogP contribution in [0, 0.1) is 6.92 Å². The number of carbonyl (C=O) groups is 2. The fourth-order valence-electron chi connectivity index (χ4n) is 1.40. The summed E-state index contributed by atoms with van der Waals surface area (Å²) in [7, 11) is 0. The topological polar surface area (TPSA) is 46.2 Å². The molecule has 0 fully saturated rings. The van der Waals surface area contributed by atoms with Gasteiger partial charge in [0.15, 0.2) is 5.78 Å². The summed E-state index contributed by atoms with van der Waals surface area (Å²) in [6.45, 7) is 1.99. The Hall–Kier alpha value is -2.16. The maximum absolute atomic E-state index is 11.4. The van der Waals surface area contributed by atoms with Crippen LogP contribution in [-0.4, -0.2) is 11.6 Å². The SMILES string of the molecule is Cc1ccc(NC2=CC(=O)C=CC2=O)cc1. The second kappa shape index (κ2) is 4.14. The minimum atomic E-state index is -0.180. The summed E-state index contributed by atoms with van der Waals surface area (Å²) in [6.07, 6.45) is 3.85. The molecule has 0 radical (unpaired) electrons. The zero-order valence-corrected chi connectivity index (χ0v) is 8.86. The molecule has 3 nitrogen and oxygen atoms in total. The number of benzene rings is 1. The number of ketones is 2. The Morgan fingerprint density at radius 2 is 1.69 bits per heavy atom. The Labute approximate surface area is 93.5 Å². The van der Waals surface area contributed by atoms with Gasteiger partial charge in [0.25, 0.3) is 0 Å². The predicted octanol–water partition coefficient (Wildman–Crippen LogP) is 2.00. The first-order valence-electron chi connectivity index (χ1n) is 4.97. The third kappa shape index (κ3) is 2.25. The van der Waals surface area contributed by atoms with Crippen LogP contribution in [0.1, 0.15) is 5.56 Å². The van der Waals surface area contributed by atoms with Crippen LogP contribution in [0.5, 0.6) is 0 Å². The molecule has 1 aromatic rings. The first-order valence-corrected chi connectivity index (χ1v) is 4.97. The molecule has 1 aromatic carbocycles. The minimum absolute atomic E-state index is 0.172. The number of aryl methyl sites for hydroxylation is 1. The fourth-order valence-corrected chi connectivity index (χ4v) is 1.40. The van der Waals surface area contributed by atoms with Gasteiger partial charge < -0.3 is 5.32 Å². The van der Waals surface area contributed by atoms with E-state index in [1.54, 1.807) is 0 Å². The van der Waals surface area contributed by atoms with Crippen LogP contribution in [0.4, 0.5) is 5.69 Å². The van der Waals surface area contributed by atoms with Gasteiger partial charge >= 0.3 is 0 Å². The predicted molar refractivity (Wildman–Crippen MR) is 62.0 cm³/mol. The summed E-state index contributed by atoms with van der Waals surface area (Å²) in [5.74, 6) is -0.352. The summed E-state index contributed by atoms with van der Waals surface area (Å²) >= 11 is 0. The highest BCUT2D eigenvalue weighted by Crippen LogP contribution is 2.13. The molecule has 0 atom stereocenters. The molecule has 0 bridgehead atoms. The molecule has 0 unspecified atom stereocenters. The molecule has 1 aliphatic carbocycles. The van der Waals surface area contributed by atoms with E-state index in [9.17, 15) is 9.59 Å². The van der Waals surface area contributed by atoms with Crippen LogP contribution in [0.15, 0.2) is 48.2 Å². The van der Waals surface area contributed by atoms with Crippen molar-refractivity contribution in [1.29, 1.82) is 0 Å². The zero-order chi connectivity index (χ0) is 11.5. The van der Waals surface area contributed by atoms with E-state index >= 15 is 0 Å². The Kier molecular flexibility index (Phi) is 2.68. The van der Waals surface area contributed by atoms with E-state index in [1.165, 1.54) is 18.2 Å². The minimum Gasteiger partial charge on any atom is -0.352 e. The number of nitrogens with one attached hydrogen (secondary N) is 1. The van der Waals surface area contributed by atoms with Gasteiger partial charge in [-0.15, -0.1) is 0 Å². The lowest BCUT2D eigenvalue weighted by molar-refractivity contribution is -0.114. The monoisotopic (exact) mass is 213 g/mol. The van der Waals surface area contributed by atoms with Crippen molar-refractivity contribution in [2.24, 2.45) is 0 Å². The number of hydrogen-bond acceptors (Lipinski definition) is 3. The summed E-state index contributed by atoms with van der Waals surface area (Å²) in [4.78, 5) is 22.5. The lowest BCUT2D eigenvalue weighted by Crippen LogP contribution is -2.14. The molecule has 2 rings (SSSR count). The molecular weight excluding hydrogens is 202 g/mol. The van der Waals surface area contributed by atoms with E-state index in [0.29, 0.717) is 5.70 Å². The smallest absolute Gasteiger partial charge is 0.202 e. The molecular formula is C13H11NO2. The second-order valence-corrected chi connectivity index (χ2v) is 3.65. The van der Waals surface area contributed by atoms with Crippen molar-refractivity contribution in [1.82, 2.24) is 0 Å². The van der Waals surface area contributed by atoms with Crippen LogP contribution in [-0.2, 0) is 9.59 Å². The van der Waals surface area contributed by atoms with Gasteiger partial charge in [0.05, 0.1) is 5.70 Å². The molecule has 1 N–H and O–H groups in total. The van der Waals surface area contributed by atoms with Crippen LogP contribution in [0.2, 0.25) is 0 Å². The van der Waals surface area contributed by atoms with Gasteiger partial charge in [0.2, 0.25) is 5.78 Å². The molecule has 16 heavy (non-hydrogen) atoms. The Balaban J connectivity index is 2.18. The largest absolute Gasteiger partial charge is 0.352 e. The number of carbonyl (C=O) groups excluding carboxylic acids is 2. The van der Waals surface area contributed by atoms with E-state index in [4.69, 9.17) is 0 Å². The molecule has 0 amide bonds. The van der Waals surface area contributed by atoms with Gasteiger partial charge in [0.1, 0.15) is 0 Å². The first kappa shape index (κ1) is 10.4.